The molecule has 104 valence electrons. The van der Waals surface area contributed by atoms with Gasteiger partial charge in [0.25, 0.3) is 0 Å². The lowest BCUT2D eigenvalue weighted by atomic mass is 10.1. The van der Waals surface area contributed by atoms with Gasteiger partial charge in [-0.05, 0) is 30.4 Å². The molecule has 0 radical (unpaired) electrons. The third kappa shape index (κ3) is 3.99. The molecule has 1 aromatic rings. The summed E-state index contributed by atoms with van der Waals surface area (Å²) >= 11 is 4.90. The summed E-state index contributed by atoms with van der Waals surface area (Å²) < 4.78 is 25.9. The van der Waals surface area contributed by atoms with Crippen molar-refractivity contribution in [3.63, 3.8) is 0 Å². The summed E-state index contributed by atoms with van der Waals surface area (Å²) in [5.41, 5.74) is 6.97. The topological polar surface area (TPSA) is 63.4 Å². The fraction of sp³-hybridized carbons (Fsp3) is 0.462. The Labute approximate surface area is 119 Å². The van der Waals surface area contributed by atoms with E-state index in [1.54, 1.807) is 31.3 Å². The highest BCUT2D eigenvalue weighted by Crippen LogP contribution is 2.30. The lowest BCUT2D eigenvalue weighted by molar-refractivity contribution is 0.452. The van der Waals surface area contributed by atoms with E-state index in [-0.39, 0.29) is 10.7 Å². The Morgan fingerprint density at radius 3 is 2.74 bits per heavy atom. The van der Waals surface area contributed by atoms with Crippen LogP contribution < -0.4 is 5.73 Å². The molecule has 1 aliphatic carbocycles. The fourth-order valence-electron chi connectivity index (χ4n) is 1.91. The normalized spacial score (nSPS) is 15.7. The van der Waals surface area contributed by atoms with Crippen LogP contribution in [0.1, 0.15) is 24.0 Å². The molecule has 4 nitrogen and oxygen atoms in total. The molecule has 0 spiro atoms. The van der Waals surface area contributed by atoms with Gasteiger partial charge in [0.1, 0.15) is 4.99 Å². The number of sulfonamides is 1. The average molecular weight is 298 g/mol. The average Bonchev–Trinajstić information content (AvgIpc) is 3.12. The Morgan fingerprint density at radius 1 is 1.47 bits per heavy atom. The zero-order chi connectivity index (χ0) is 14.0. The van der Waals surface area contributed by atoms with Gasteiger partial charge in [0.2, 0.25) is 10.0 Å². The summed E-state index contributed by atoms with van der Waals surface area (Å²) in [5.74, 6) is 0.537. The van der Waals surface area contributed by atoms with E-state index in [4.69, 9.17) is 18.0 Å². The van der Waals surface area contributed by atoms with E-state index in [9.17, 15) is 8.42 Å². The lowest BCUT2D eigenvalue weighted by Crippen LogP contribution is -2.30. The first-order valence-corrected chi connectivity index (χ1v) is 8.23. The summed E-state index contributed by atoms with van der Waals surface area (Å²) in [5, 5.41) is 0. The van der Waals surface area contributed by atoms with Crippen molar-refractivity contribution in [1.82, 2.24) is 4.31 Å². The number of hydrogen-bond acceptors (Lipinski definition) is 3. The minimum Gasteiger partial charge on any atom is -0.389 e. The number of thiocarbonyl (C=S) groups is 1. The van der Waals surface area contributed by atoms with Gasteiger partial charge in [-0.15, -0.1) is 0 Å². The van der Waals surface area contributed by atoms with Crippen molar-refractivity contribution < 1.29 is 8.42 Å². The zero-order valence-electron chi connectivity index (χ0n) is 10.9. The predicted molar refractivity (Wildman–Crippen MR) is 80.3 cm³/mol. The fourth-order valence-corrected chi connectivity index (χ4v) is 3.30. The molecular formula is C13H18N2O2S2. The van der Waals surface area contributed by atoms with Crippen LogP contribution in [0.5, 0.6) is 0 Å². The summed E-state index contributed by atoms with van der Waals surface area (Å²) in [4.78, 5) is 0.283. The highest BCUT2D eigenvalue weighted by atomic mass is 32.2. The van der Waals surface area contributed by atoms with Crippen LogP contribution in [0.25, 0.3) is 0 Å². The largest absolute Gasteiger partial charge is 0.389 e. The second kappa shape index (κ2) is 5.56. The molecule has 6 heteroatoms. The Bertz CT molecular complexity index is 580. The SMILES string of the molecule is CN(CC1CC1)S(=O)(=O)Cc1cccc(C(N)=S)c1. The van der Waals surface area contributed by atoms with E-state index in [1.165, 1.54) is 4.31 Å². The molecule has 0 aliphatic heterocycles. The monoisotopic (exact) mass is 298 g/mol. The van der Waals surface area contributed by atoms with E-state index >= 15 is 0 Å². The van der Waals surface area contributed by atoms with Crippen molar-refractivity contribution in [2.24, 2.45) is 11.7 Å². The van der Waals surface area contributed by atoms with Crippen molar-refractivity contribution in [1.29, 1.82) is 0 Å². The molecular weight excluding hydrogens is 280 g/mol. The van der Waals surface area contributed by atoms with Crippen LogP contribution in [0, 0.1) is 5.92 Å². The molecule has 0 amide bonds. The van der Waals surface area contributed by atoms with Gasteiger partial charge in [-0.3, -0.25) is 0 Å². The molecule has 2 N–H and O–H groups in total. The maximum atomic E-state index is 12.2. The Balaban J connectivity index is 2.10. The van der Waals surface area contributed by atoms with Crippen molar-refractivity contribution in [3.05, 3.63) is 35.4 Å². The quantitative estimate of drug-likeness (QED) is 0.808. The Morgan fingerprint density at radius 2 is 2.16 bits per heavy atom. The van der Waals surface area contributed by atoms with E-state index < -0.39 is 10.0 Å². The number of benzene rings is 1. The predicted octanol–water partition coefficient (Wildman–Crippen LogP) is 1.49. The molecule has 1 saturated carbocycles. The van der Waals surface area contributed by atoms with Crippen molar-refractivity contribution >= 4 is 27.2 Å². The number of rotatable bonds is 6. The first kappa shape index (κ1) is 14.4. The second-order valence-corrected chi connectivity index (χ2v) is 7.56. The minimum absolute atomic E-state index is 0.00727. The van der Waals surface area contributed by atoms with Gasteiger partial charge in [-0.25, -0.2) is 12.7 Å². The molecule has 2 rings (SSSR count). The molecule has 1 fully saturated rings. The van der Waals surface area contributed by atoms with E-state index in [0.717, 1.165) is 12.8 Å². The highest BCUT2D eigenvalue weighted by molar-refractivity contribution is 7.88. The van der Waals surface area contributed by atoms with Crippen LogP contribution in [0.15, 0.2) is 24.3 Å². The molecule has 0 heterocycles. The molecule has 0 atom stereocenters. The molecule has 0 aromatic heterocycles. The minimum atomic E-state index is -3.26. The standard InChI is InChI=1S/C13H18N2O2S2/c1-15(8-10-5-6-10)19(16,17)9-11-3-2-4-12(7-11)13(14)18/h2-4,7,10H,5-6,8-9H2,1H3,(H2,14,18). The van der Waals surface area contributed by atoms with E-state index in [2.05, 4.69) is 0 Å². The number of nitrogens with two attached hydrogens (primary N) is 1. The second-order valence-electron chi connectivity index (χ2n) is 5.04. The first-order chi connectivity index (χ1) is 8.88. The molecule has 1 aromatic carbocycles. The maximum Gasteiger partial charge on any atom is 0.218 e. The van der Waals surface area contributed by atoms with Gasteiger partial charge in [-0.1, -0.05) is 30.4 Å². The molecule has 1 aliphatic rings. The first-order valence-electron chi connectivity index (χ1n) is 6.21. The van der Waals surface area contributed by atoms with Gasteiger partial charge in [0.05, 0.1) is 5.75 Å². The van der Waals surface area contributed by atoms with E-state index in [1.807, 2.05) is 0 Å². The van der Waals surface area contributed by atoms with Crippen molar-refractivity contribution in [3.8, 4) is 0 Å². The summed E-state index contributed by atoms with van der Waals surface area (Å²) in [6, 6.07) is 7.09. The van der Waals surface area contributed by atoms with E-state index in [0.29, 0.717) is 23.6 Å². The summed E-state index contributed by atoms with van der Waals surface area (Å²) in [7, 11) is -1.62. The number of nitrogens with zero attached hydrogens (tertiary/aromatic N) is 1. The summed E-state index contributed by atoms with van der Waals surface area (Å²) in [6.45, 7) is 0.622. The third-order valence-corrected chi connectivity index (χ3v) is 5.28. The highest BCUT2D eigenvalue weighted by Gasteiger charge is 2.28. The van der Waals surface area contributed by atoms with Crippen molar-refractivity contribution in [2.75, 3.05) is 13.6 Å². The zero-order valence-corrected chi connectivity index (χ0v) is 12.5. The molecule has 0 saturated heterocycles. The van der Waals surface area contributed by atoms with Crippen LogP contribution in [-0.2, 0) is 15.8 Å². The molecule has 0 bridgehead atoms. The molecule has 19 heavy (non-hydrogen) atoms. The van der Waals surface area contributed by atoms with Crippen LogP contribution >= 0.6 is 12.2 Å². The van der Waals surface area contributed by atoms with Gasteiger partial charge < -0.3 is 5.73 Å². The Hall–Kier alpha value is -0.980. The third-order valence-electron chi connectivity index (χ3n) is 3.25. The molecule has 0 unspecified atom stereocenters. The number of hydrogen-bond donors (Lipinski definition) is 1. The smallest absolute Gasteiger partial charge is 0.218 e. The summed E-state index contributed by atoms with van der Waals surface area (Å²) in [6.07, 6.45) is 2.27. The van der Waals surface area contributed by atoms with Gasteiger partial charge in [-0.2, -0.15) is 0 Å². The van der Waals surface area contributed by atoms with Crippen LogP contribution in [0.4, 0.5) is 0 Å². The van der Waals surface area contributed by atoms with Gasteiger partial charge in [0.15, 0.2) is 0 Å². The van der Waals surface area contributed by atoms with Gasteiger partial charge >= 0.3 is 0 Å². The van der Waals surface area contributed by atoms with Crippen LogP contribution in [-0.4, -0.2) is 31.3 Å². The van der Waals surface area contributed by atoms with Crippen LogP contribution in [0.3, 0.4) is 0 Å². The van der Waals surface area contributed by atoms with Crippen molar-refractivity contribution in [2.45, 2.75) is 18.6 Å². The Kier molecular flexibility index (Phi) is 4.23. The lowest BCUT2D eigenvalue weighted by Gasteiger charge is -2.17. The van der Waals surface area contributed by atoms with Crippen LogP contribution in [0.2, 0.25) is 0 Å². The maximum absolute atomic E-state index is 12.2. The van der Waals surface area contributed by atoms with Gasteiger partial charge in [0, 0.05) is 19.2 Å².